The summed E-state index contributed by atoms with van der Waals surface area (Å²) in [5.41, 5.74) is 7.17. The predicted molar refractivity (Wildman–Crippen MR) is 57.0 cm³/mol. The Balaban J connectivity index is 2.53. The van der Waals surface area contributed by atoms with E-state index in [1.54, 1.807) is 0 Å². The van der Waals surface area contributed by atoms with Crippen LogP contribution in [0.5, 0.6) is 0 Å². The van der Waals surface area contributed by atoms with Crippen LogP contribution in [0.4, 0.5) is 0 Å². The number of aromatic nitrogens is 2. The SMILES string of the molecule is NCCc1c(C2CC2)[nH]c(=S)[nH]c1=O. The number of aromatic amines is 2. The molecule has 4 N–H and O–H groups in total. The molecule has 0 spiro atoms. The fourth-order valence-corrected chi connectivity index (χ4v) is 1.85. The Kier molecular flexibility index (Phi) is 2.52. The average molecular weight is 211 g/mol. The molecule has 1 saturated carbocycles. The lowest BCUT2D eigenvalue weighted by Crippen LogP contribution is -2.20. The van der Waals surface area contributed by atoms with Crippen molar-refractivity contribution in [3.8, 4) is 0 Å². The Hall–Kier alpha value is -0.940. The van der Waals surface area contributed by atoms with Crippen LogP contribution in [0.15, 0.2) is 4.79 Å². The van der Waals surface area contributed by atoms with Crippen LogP contribution < -0.4 is 11.3 Å². The van der Waals surface area contributed by atoms with Gasteiger partial charge in [0.15, 0.2) is 4.77 Å². The van der Waals surface area contributed by atoms with Gasteiger partial charge < -0.3 is 10.7 Å². The third-order valence-corrected chi connectivity index (χ3v) is 2.66. The van der Waals surface area contributed by atoms with Gasteiger partial charge in [0.1, 0.15) is 0 Å². The van der Waals surface area contributed by atoms with Crippen LogP contribution in [0.1, 0.15) is 30.0 Å². The first kappa shape index (κ1) is 9.61. The lowest BCUT2D eigenvalue weighted by atomic mass is 10.1. The number of rotatable bonds is 3. The van der Waals surface area contributed by atoms with Gasteiger partial charge in [0, 0.05) is 11.3 Å². The van der Waals surface area contributed by atoms with E-state index in [0.717, 1.165) is 24.1 Å². The molecule has 1 aromatic heterocycles. The summed E-state index contributed by atoms with van der Waals surface area (Å²) in [5, 5.41) is 0. The second-order valence-corrected chi connectivity index (χ2v) is 4.02. The maximum Gasteiger partial charge on any atom is 0.255 e. The summed E-state index contributed by atoms with van der Waals surface area (Å²) in [4.78, 5) is 17.2. The molecule has 0 aromatic carbocycles. The molecule has 0 unspecified atom stereocenters. The number of hydrogen-bond acceptors (Lipinski definition) is 3. The first-order valence-electron chi connectivity index (χ1n) is 4.78. The summed E-state index contributed by atoms with van der Waals surface area (Å²) in [5.74, 6) is 0.501. The number of nitrogens with one attached hydrogen (secondary N) is 2. The topological polar surface area (TPSA) is 74.7 Å². The van der Waals surface area contributed by atoms with Gasteiger partial charge in [0.25, 0.3) is 5.56 Å². The molecule has 1 aliphatic rings. The van der Waals surface area contributed by atoms with Gasteiger partial charge in [0.05, 0.1) is 0 Å². The lowest BCUT2D eigenvalue weighted by molar-refractivity contribution is 0.853. The number of H-pyrrole nitrogens is 2. The third kappa shape index (κ3) is 1.78. The van der Waals surface area contributed by atoms with E-state index in [1.807, 2.05) is 0 Å². The second-order valence-electron chi connectivity index (χ2n) is 3.61. The minimum atomic E-state index is -0.0823. The fraction of sp³-hybridized carbons (Fsp3) is 0.556. The molecule has 4 nitrogen and oxygen atoms in total. The van der Waals surface area contributed by atoms with Gasteiger partial charge in [-0.3, -0.25) is 9.78 Å². The van der Waals surface area contributed by atoms with Crippen LogP contribution in [0, 0.1) is 4.77 Å². The summed E-state index contributed by atoms with van der Waals surface area (Å²) < 4.78 is 0.415. The van der Waals surface area contributed by atoms with E-state index >= 15 is 0 Å². The van der Waals surface area contributed by atoms with E-state index in [1.165, 1.54) is 0 Å². The Bertz CT molecular complexity index is 444. The lowest BCUT2D eigenvalue weighted by Gasteiger charge is -2.05. The van der Waals surface area contributed by atoms with Crippen molar-refractivity contribution in [1.82, 2.24) is 9.97 Å². The molecule has 1 aromatic rings. The van der Waals surface area contributed by atoms with E-state index in [9.17, 15) is 4.79 Å². The van der Waals surface area contributed by atoms with Crippen LogP contribution >= 0.6 is 12.2 Å². The summed E-state index contributed by atoms with van der Waals surface area (Å²) in [6, 6.07) is 0. The maximum absolute atomic E-state index is 11.6. The molecule has 2 rings (SSSR count). The highest BCUT2D eigenvalue weighted by atomic mass is 32.1. The Morgan fingerprint density at radius 2 is 2.14 bits per heavy atom. The van der Waals surface area contributed by atoms with Crippen molar-refractivity contribution in [2.45, 2.75) is 25.2 Å². The van der Waals surface area contributed by atoms with E-state index in [2.05, 4.69) is 9.97 Å². The Morgan fingerprint density at radius 1 is 1.43 bits per heavy atom. The van der Waals surface area contributed by atoms with Crippen LogP contribution in [-0.2, 0) is 6.42 Å². The van der Waals surface area contributed by atoms with Gasteiger partial charge >= 0.3 is 0 Å². The molecule has 0 aliphatic heterocycles. The van der Waals surface area contributed by atoms with E-state index in [4.69, 9.17) is 18.0 Å². The molecular weight excluding hydrogens is 198 g/mol. The molecule has 5 heteroatoms. The van der Waals surface area contributed by atoms with E-state index in [0.29, 0.717) is 23.7 Å². The predicted octanol–water partition coefficient (Wildman–Crippen LogP) is 0.811. The molecule has 0 saturated heterocycles. The molecule has 76 valence electrons. The van der Waals surface area contributed by atoms with Crippen molar-refractivity contribution in [2.24, 2.45) is 5.73 Å². The van der Waals surface area contributed by atoms with Crippen molar-refractivity contribution >= 4 is 12.2 Å². The highest BCUT2D eigenvalue weighted by Gasteiger charge is 2.27. The Labute approximate surface area is 86.5 Å². The van der Waals surface area contributed by atoms with Gasteiger partial charge in [-0.15, -0.1) is 0 Å². The molecule has 0 atom stereocenters. The first-order valence-corrected chi connectivity index (χ1v) is 5.18. The zero-order valence-electron chi connectivity index (χ0n) is 7.80. The van der Waals surface area contributed by atoms with Gasteiger partial charge in [-0.05, 0) is 43.9 Å². The number of nitrogens with two attached hydrogens (primary N) is 1. The van der Waals surface area contributed by atoms with Crippen molar-refractivity contribution in [2.75, 3.05) is 6.54 Å². The molecule has 1 aliphatic carbocycles. The van der Waals surface area contributed by atoms with Gasteiger partial charge in [0.2, 0.25) is 0 Å². The van der Waals surface area contributed by atoms with Crippen molar-refractivity contribution < 1.29 is 0 Å². The summed E-state index contributed by atoms with van der Waals surface area (Å²) in [7, 11) is 0. The largest absolute Gasteiger partial charge is 0.335 e. The van der Waals surface area contributed by atoms with Crippen molar-refractivity contribution in [3.05, 3.63) is 26.4 Å². The summed E-state index contributed by atoms with van der Waals surface area (Å²) in [6.45, 7) is 0.493. The van der Waals surface area contributed by atoms with Crippen LogP contribution in [0.25, 0.3) is 0 Å². The molecule has 14 heavy (non-hydrogen) atoms. The van der Waals surface area contributed by atoms with E-state index < -0.39 is 0 Å². The molecule has 1 fully saturated rings. The van der Waals surface area contributed by atoms with Gasteiger partial charge in [-0.1, -0.05) is 0 Å². The minimum Gasteiger partial charge on any atom is -0.335 e. The molecular formula is C9H13N3OS. The zero-order chi connectivity index (χ0) is 10.1. The van der Waals surface area contributed by atoms with Gasteiger partial charge in [-0.2, -0.15) is 0 Å². The smallest absolute Gasteiger partial charge is 0.255 e. The normalized spacial score (nSPS) is 15.8. The monoisotopic (exact) mass is 211 g/mol. The highest BCUT2D eigenvalue weighted by Crippen LogP contribution is 2.39. The van der Waals surface area contributed by atoms with Crippen LogP contribution in [-0.4, -0.2) is 16.5 Å². The highest BCUT2D eigenvalue weighted by molar-refractivity contribution is 7.71. The molecule has 0 amide bonds. The summed E-state index contributed by atoms with van der Waals surface area (Å²) >= 11 is 4.94. The summed E-state index contributed by atoms with van der Waals surface area (Å²) in [6.07, 6.45) is 2.91. The zero-order valence-corrected chi connectivity index (χ0v) is 8.62. The number of hydrogen-bond donors (Lipinski definition) is 3. The first-order chi connectivity index (χ1) is 6.72. The molecule has 0 bridgehead atoms. The maximum atomic E-state index is 11.6. The fourth-order valence-electron chi connectivity index (χ4n) is 1.64. The van der Waals surface area contributed by atoms with Gasteiger partial charge in [-0.25, -0.2) is 0 Å². The average Bonchev–Trinajstić information content (AvgIpc) is 2.92. The quantitative estimate of drug-likeness (QED) is 0.648. The second kappa shape index (κ2) is 3.67. The Morgan fingerprint density at radius 3 is 2.71 bits per heavy atom. The minimum absolute atomic E-state index is 0.0823. The van der Waals surface area contributed by atoms with E-state index in [-0.39, 0.29) is 5.56 Å². The van der Waals surface area contributed by atoms with Crippen molar-refractivity contribution in [1.29, 1.82) is 0 Å². The van der Waals surface area contributed by atoms with Crippen molar-refractivity contribution in [3.63, 3.8) is 0 Å². The standard InChI is InChI=1S/C9H13N3OS/c10-4-3-6-7(5-1-2-5)11-9(14)12-8(6)13/h5H,1-4,10H2,(H2,11,12,13,14). The van der Waals surface area contributed by atoms with Crippen LogP contribution in [0.2, 0.25) is 0 Å². The third-order valence-electron chi connectivity index (χ3n) is 2.45. The molecule has 0 radical (unpaired) electrons. The van der Waals surface area contributed by atoms with Crippen LogP contribution in [0.3, 0.4) is 0 Å². The molecule has 1 heterocycles.